The Balaban J connectivity index is 1.44. The van der Waals surface area contributed by atoms with Crippen molar-refractivity contribution in [3.05, 3.63) is 35.6 Å². The van der Waals surface area contributed by atoms with Crippen LogP contribution in [0.15, 0.2) is 24.3 Å². The fraction of sp³-hybridized carbons (Fsp3) is 0.500. The van der Waals surface area contributed by atoms with Gasteiger partial charge in [-0.1, -0.05) is 6.07 Å². The fourth-order valence-electron chi connectivity index (χ4n) is 3.58. The van der Waals surface area contributed by atoms with Crippen LogP contribution in [-0.2, 0) is 9.47 Å². The van der Waals surface area contributed by atoms with Crippen molar-refractivity contribution in [2.24, 2.45) is 0 Å². The van der Waals surface area contributed by atoms with Gasteiger partial charge in [0.05, 0.1) is 32.1 Å². The molecule has 0 atom stereocenters. The molecule has 2 fully saturated rings. The van der Waals surface area contributed by atoms with Crippen molar-refractivity contribution in [1.29, 1.82) is 0 Å². The lowest BCUT2D eigenvalue weighted by molar-refractivity contribution is 0.0317. The summed E-state index contributed by atoms with van der Waals surface area (Å²) in [6.45, 7) is 9.03. The van der Waals surface area contributed by atoms with Crippen molar-refractivity contribution in [2.45, 2.75) is 6.92 Å². The number of aromatic nitrogens is 2. The summed E-state index contributed by atoms with van der Waals surface area (Å²) in [6, 6.07) is 6.99. The molecule has 2 N–H and O–H groups in total. The number of halogens is 1. The first-order chi connectivity index (χ1) is 16.1. The van der Waals surface area contributed by atoms with Crippen LogP contribution in [-0.4, -0.2) is 85.7 Å². The molecule has 33 heavy (non-hydrogen) atoms. The molecule has 0 bridgehead atoms. The van der Waals surface area contributed by atoms with Gasteiger partial charge >= 0.3 is 6.01 Å². The number of anilines is 3. The molecule has 0 spiro atoms. The Morgan fingerprint density at radius 3 is 2.52 bits per heavy atom. The van der Waals surface area contributed by atoms with Crippen LogP contribution in [0, 0.1) is 12.7 Å². The van der Waals surface area contributed by atoms with E-state index >= 15 is 0 Å². The Morgan fingerprint density at radius 1 is 1.06 bits per heavy atom. The number of nitrogens with one attached hydrogen (secondary N) is 2. The molecule has 3 heterocycles. The molecule has 2 aromatic rings. The Hall–Kier alpha value is -2.60. The largest absolute Gasteiger partial charge is 0.462 e. The predicted octanol–water partition coefficient (Wildman–Crippen LogP) is 2.28. The molecular formula is C22H29FN6O3S. The van der Waals surface area contributed by atoms with E-state index in [9.17, 15) is 4.39 Å². The van der Waals surface area contributed by atoms with Crippen molar-refractivity contribution < 1.29 is 18.6 Å². The van der Waals surface area contributed by atoms with Crippen molar-refractivity contribution in [1.82, 2.24) is 14.9 Å². The summed E-state index contributed by atoms with van der Waals surface area (Å²) in [5.74, 6) is 0.822. The Kier molecular flexibility index (Phi) is 8.21. The summed E-state index contributed by atoms with van der Waals surface area (Å²) in [5.41, 5.74) is 1.13. The summed E-state index contributed by atoms with van der Waals surface area (Å²) in [7, 11) is 0. The zero-order chi connectivity index (χ0) is 23.0. The third kappa shape index (κ3) is 6.94. The Bertz CT molecular complexity index is 954. The van der Waals surface area contributed by atoms with Gasteiger partial charge in [-0.3, -0.25) is 4.90 Å². The lowest BCUT2D eigenvalue weighted by Gasteiger charge is -2.28. The van der Waals surface area contributed by atoms with E-state index in [-0.39, 0.29) is 16.9 Å². The molecule has 9 nitrogen and oxygen atoms in total. The Morgan fingerprint density at radius 2 is 1.79 bits per heavy atom. The highest BCUT2D eigenvalue weighted by Crippen LogP contribution is 2.21. The maximum absolute atomic E-state index is 14.2. The zero-order valence-corrected chi connectivity index (χ0v) is 19.5. The molecule has 4 rings (SSSR count). The zero-order valence-electron chi connectivity index (χ0n) is 18.7. The number of benzene rings is 1. The van der Waals surface area contributed by atoms with Gasteiger partial charge in [0.15, 0.2) is 5.11 Å². The first kappa shape index (κ1) is 23.6. The van der Waals surface area contributed by atoms with Gasteiger partial charge in [0.25, 0.3) is 0 Å². The van der Waals surface area contributed by atoms with Crippen LogP contribution < -0.4 is 20.3 Å². The number of morpholine rings is 2. The van der Waals surface area contributed by atoms with Crippen molar-refractivity contribution in [3.63, 3.8) is 0 Å². The number of nitrogens with zero attached hydrogens (tertiary/aromatic N) is 4. The SMILES string of the molecule is Cc1ccc(NC(=S)Nc2cc(N3CCOCC3)nc(OCCN3CCOCC3)n2)c(F)c1. The van der Waals surface area contributed by atoms with Crippen LogP contribution in [0.2, 0.25) is 0 Å². The van der Waals surface area contributed by atoms with Gasteiger partial charge in [-0.25, -0.2) is 4.39 Å². The molecule has 2 saturated heterocycles. The summed E-state index contributed by atoms with van der Waals surface area (Å²) >= 11 is 5.38. The lowest BCUT2D eigenvalue weighted by atomic mass is 10.2. The van der Waals surface area contributed by atoms with E-state index < -0.39 is 0 Å². The van der Waals surface area contributed by atoms with Gasteiger partial charge in [-0.05, 0) is 36.8 Å². The molecule has 0 radical (unpaired) electrons. The minimum atomic E-state index is -0.372. The number of ether oxygens (including phenoxy) is 3. The van der Waals surface area contributed by atoms with Crippen LogP contribution in [0.5, 0.6) is 6.01 Å². The average Bonchev–Trinajstić information content (AvgIpc) is 2.82. The topological polar surface area (TPSA) is 84.0 Å². The van der Waals surface area contributed by atoms with Gasteiger partial charge in [0, 0.05) is 38.8 Å². The van der Waals surface area contributed by atoms with E-state index in [2.05, 4.69) is 30.4 Å². The molecular weight excluding hydrogens is 447 g/mol. The first-order valence-electron chi connectivity index (χ1n) is 11.1. The van der Waals surface area contributed by atoms with E-state index in [1.54, 1.807) is 12.1 Å². The molecule has 178 valence electrons. The number of rotatable bonds is 7. The van der Waals surface area contributed by atoms with Crippen molar-refractivity contribution >= 4 is 34.7 Å². The number of hydrogen-bond donors (Lipinski definition) is 2. The molecule has 2 aliphatic rings. The van der Waals surface area contributed by atoms with Crippen molar-refractivity contribution in [2.75, 3.05) is 81.3 Å². The number of aryl methyl sites for hydroxylation is 1. The summed E-state index contributed by atoms with van der Waals surface area (Å²) in [5, 5.41) is 6.14. The maximum atomic E-state index is 14.2. The van der Waals surface area contributed by atoms with Gasteiger partial charge in [-0.15, -0.1) is 0 Å². The summed E-state index contributed by atoms with van der Waals surface area (Å²) < 4.78 is 30.9. The van der Waals surface area contributed by atoms with Crippen molar-refractivity contribution in [3.8, 4) is 6.01 Å². The third-order valence-electron chi connectivity index (χ3n) is 5.38. The van der Waals surface area contributed by atoms with Crippen LogP contribution in [0.1, 0.15) is 5.56 Å². The van der Waals surface area contributed by atoms with Crippen LogP contribution in [0.3, 0.4) is 0 Å². The van der Waals surface area contributed by atoms with E-state index in [1.165, 1.54) is 6.07 Å². The molecule has 11 heteroatoms. The van der Waals surface area contributed by atoms with Crippen LogP contribution >= 0.6 is 12.2 Å². The second-order valence-corrected chi connectivity index (χ2v) is 8.27. The summed E-state index contributed by atoms with van der Waals surface area (Å²) in [6.07, 6.45) is 0. The average molecular weight is 477 g/mol. The molecule has 1 aromatic heterocycles. The van der Waals surface area contributed by atoms with Gasteiger partial charge in [0.1, 0.15) is 24.1 Å². The monoisotopic (exact) mass is 476 g/mol. The van der Waals surface area contributed by atoms with Crippen LogP contribution in [0.25, 0.3) is 0 Å². The van der Waals surface area contributed by atoms with E-state index in [4.69, 9.17) is 26.4 Å². The van der Waals surface area contributed by atoms with Gasteiger partial charge in [-0.2, -0.15) is 9.97 Å². The minimum absolute atomic E-state index is 0.226. The molecule has 0 unspecified atom stereocenters. The molecule has 0 saturated carbocycles. The van der Waals surface area contributed by atoms with Crippen LogP contribution in [0.4, 0.5) is 21.7 Å². The molecule has 1 aromatic carbocycles. The highest BCUT2D eigenvalue weighted by molar-refractivity contribution is 7.80. The molecule has 0 amide bonds. The first-order valence-corrected chi connectivity index (χ1v) is 11.5. The Labute approximate surface area is 198 Å². The number of hydrogen-bond acceptors (Lipinski definition) is 8. The summed E-state index contributed by atoms with van der Waals surface area (Å²) in [4.78, 5) is 13.4. The normalized spacial score (nSPS) is 17.0. The standard InChI is InChI=1S/C22H29FN6O3S/c1-16-2-3-18(17(23)14-16)24-22(33)26-19-15-20(29-7-11-31-12-8-29)27-21(25-19)32-13-6-28-4-9-30-10-5-28/h2-3,14-15H,4-13H2,1H3,(H2,24,25,26,27,33). The maximum Gasteiger partial charge on any atom is 0.320 e. The van der Waals surface area contributed by atoms with E-state index in [0.717, 1.165) is 57.3 Å². The van der Waals surface area contributed by atoms with Gasteiger partial charge in [0.2, 0.25) is 0 Å². The van der Waals surface area contributed by atoms with E-state index in [0.29, 0.717) is 31.3 Å². The minimum Gasteiger partial charge on any atom is -0.462 e. The highest BCUT2D eigenvalue weighted by Gasteiger charge is 2.17. The molecule has 2 aliphatic heterocycles. The third-order valence-corrected chi connectivity index (χ3v) is 5.59. The second-order valence-electron chi connectivity index (χ2n) is 7.86. The lowest BCUT2D eigenvalue weighted by Crippen LogP contribution is -2.39. The quantitative estimate of drug-likeness (QED) is 0.581. The second kappa shape index (κ2) is 11.5. The highest BCUT2D eigenvalue weighted by atomic mass is 32.1. The van der Waals surface area contributed by atoms with Gasteiger partial charge < -0.3 is 29.7 Å². The molecule has 0 aliphatic carbocycles. The van der Waals surface area contributed by atoms with E-state index in [1.807, 2.05) is 13.0 Å². The predicted molar refractivity (Wildman–Crippen MR) is 129 cm³/mol. The fourth-order valence-corrected chi connectivity index (χ4v) is 3.79. The smallest absolute Gasteiger partial charge is 0.320 e. The number of thiocarbonyl (C=S) groups is 1.